The highest BCUT2D eigenvalue weighted by Crippen LogP contribution is 2.34. The van der Waals surface area contributed by atoms with Gasteiger partial charge < -0.3 is 5.32 Å². The van der Waals surface area contributed by atoms with Crippen LogP contribution in [0.2, 0.25) is 0 Å². The Hall–Kier alpha value is -0.930. The minimum absolute atomic E-state index is 0.470. The molecule has 0 bridgehead atoms. The van der Waals surface area contributed by atoms with Crippen LogP contribution in [0.25, 0.3) is 10.2 Å². The summed E-state index contributed by atoms with van der Waals surface area (Å²) in [6, 6.07) is 6.99. The van der Waals surface area contributed by atoms with Gasteiger partial charge in [0.25, 0.3) is 0 Å². The summed E-state index contributed by atoms with van der Waals surface area (Å²) in [5.74, 6) is 0.710. The molecule has 1 aromatic heterocycles. The van der Waals surface area contributed by atoms with Crippen LogP contribution in [0, 0.1) is 12.8 Å². The van der Waals surface area contributed by atoms with Gasteiger partial charge in [-0.2, -0.15) is 0 Å². The smallest absolute Gasteiger partial charge is 0.111 e. The van der Waals surface area contributed by atoms with Crippen molar-refractivity contribution in [3.63, 3.8) is 0 Å². The lowest BCUT2D eigenvalue weighted by Gasteiger charge is -2.11. The molecular formula is C13H16N2S. The van der Waals surface area contributed by atoms with Gasteiger partial charge in [0.05, 0.1) is 16.3 Å². The van der Waals surface area contributed by atoms with E-state index in [0.29, 0.717) is 12.0 Å². The van der Waals surface area contributed by atoms with Gasteiger partial charge in [0.15, 0.2) is 0 Å². The molecule has 2 aromatic rings. The van der Waals surface area contributed by atoms with Crippen molar-refractivity contribution in [1.82, 2.24) is 10.3 Å². The molecule has 1 fully saturated rings. The lowest BCUT2D eigenvalue weighted by molar-refractivity contribution is 0.502. The number of fused-ring (bicyclic) bond motifs is 1. The van der Waals surface area contributed by atoms with Crippen LogP contribution in [0.5, 0.6) is 0 Å². The maximum Gasteiger partial charge on any atom is 0.111 e. The molecule has 0 spiro atoms. The highest BCUT2D eigenvalue weighted by Gasteiger charge is 2.26. The summed E-state index contributed by atoms with van der Waals surface area (Å²) >= 11 is 1.83. The van der Waals surface area contributed by atoms with E-state index in [0.717, 1.165) is 12.1 Å². The molecule has 1 aliphatic heterocycles. The van der Waals surface area contributed by atoms with Crippen molar-refractivity contribution in [2.45, 2.75) is 26.3 Å². The van der Waals surface area contributed by atoms with Gasteiger partial charge >= 0.3 is 0 Å². The molecule has 0 amide bonds. The topological polar surface area (TPSA) is 24.9 Å². The average Bonchev–Trinajstić information content (AvgIpc) is 2.82. The fraction of sp³-hybridized carbons (Fsp3) is 0.462. The van der Waals surface area contributed by atoms with Crippen LogP contribution < -0.4 is 5.32 Å². The van der Waals surface area contributed by atoms with Crippen molar-refractivity contribution < 1.29 is 0 Å². The van der Waals surface area contributed by atoms with Gasteiger partial charge in [-0.3, -0.25) is 0 Å². The zero-order valence-electron chi connectivity index (χ0n) is 9.66. The molecule has 1 aromatic carbocycles. The summed E-state index contributed by atoms with van der Waals surface area (Å²) in [7, 11) is 0. The van der Waals surface area contributed by atoms with E-state index in [1.54, 1.807) is 0 Å². The quantitative estimate of drug-likeness (QED) is 0.816. The van der Waals surface area contributed by atoms with Crippen LogP contribution in [0.1, 0.15) is 30.0 Å². The van der Waals surface area contributed by atoms with E-state index < -0.39 is 0 Å². The van der Waals surface area contributed by atoms with E-state index in [2.05, 4.69) is 37.4 Å². The van der Waals surface area contributed by atoms with Crippen molar-refractivity contribution in [1.29, 1.82) is 0 Å². The molecular weight excluding hydrogens is 216 g/mol. The largest absolute Gasteiger partial charge is 0.308 e. The second-order valence-electron chi connectivity index (χ2n) is 4.72. The second kappa shape index (κ2) is 3.82. The molecule has 0 saturated carbocycles. The third kappa shape index (κ3) is 1.64. The first kappa shape index (κ1) is 10.2. The maximum absolute atomic E-state index is 4.76. The first-order chi connectivity index (χ1) is 7.74. The van der Waals surface area contributed by atoms with Gasteiger partial charge in [-0.15, -0.1) is 11.3 Å². The van der Waals surface area contributed by atoms with E-state index in [9.17, 15) is 0 Å². The van der Waals surface area contributed by atoms with Crippen LogP contribution in [-0.2, 0) is 0 Å². The van der Waals surface area contributed by atoms with E-state index in [-0.39, 0.29) is 0 Å². The number of aromatic nitrogens is 1. The van der Waals surface area contributed by atoms with Gasteiger partial charge in [-0.05, 0) is 43.5 Å². The van der Waals surface area contributed by atoms with Crippen LogP contribution in [0.4, 0.5) is 0 Å². The summed E-state index contributed by atoms with van der Waals surface area (Å²) in [6.07, 6.45) is 1.26. The number of aryl methyl sites for hydroxylation is 1. The Balaban J connectivity index is 2.04. The molecule has 16 heavy (non-hydrogen) atoms. The number of nitrogens with one attached hydrogen (secondary N) is 1. The SMILES string of the molecule is Cc1ccc2sc(C3NCCC3C)nc2c1. The van der Waals surface area contributed by atoms with E-state index in [1.165, 1.54) is 21.7 Å². The molecule has 1 aliphatic rings. The average molecular weight is 232 g/mol. The molecule has 2 unspecified atom stereocenters. The number of nitrogens with zero attached hydrogens (tertiary/aromatic N) is 1. The Labute approximate surface area is 99.7 Å². The summed E-state index contributed by atoms with van der Waals surface area (Å²) in [5.41, 5.74) is 2.44. The monoisotopic (exact) mass is 232 g/mol. The van der Waals surface area contributed by atoms with Crippen LogP contribution in [0.3, 0.4) is 0 Å². The molecule has 1 saturated heterocycles. The zero-order chi connectivity index (χ0) is 11.1. The molecule has 1 N–H and O–H groups in total. The standard InChI is InChI=1S/C13H16N2S/c1-8-3-4-11-10(7-8)15-13(16-11)12-9(2)5-6-14-12/h3-4,7,9,12,14H,5-6H2,1-2H3. The minimum atomic E-state index is 0.470. The molecule has 2 heterocycles. The van der Waals surface area contributed by atoms with Gasteiger partial charge in [0.1, 0.15) is 5.01 Å². The van der Waals surface area contributed by atoms with Crippen LogP contribution in [-0.4, -0.2) is 11.5 Å². The summed E-state index contributed by atoms with van der Waals surface area (Å²) in [4.78, 5) is 4.76. The first-order valence-electron chi connectivity index (χ1n) is 5.84. The number of hydrogen-bond donors (Lipinski definition) is 1. The Bertz CT molecular complexity index is 518. The molecule has 2 nitrogen and oxygen atoms in total. The third-order valence-corrected chi connectivity index (χ3v) is 4.48. The van der Waals surface area contributed by atoms with Gasteiger partial charge in [0.2, 0.25) is 0 Å². The normalized spacial score (nSPS) is 25.4. The fourth-order valence-corrected chi connectivity index (χ4v) is 3.51. The van der Waals surface area contributed by atoms with Crippen LogP contribution in [0.15, 0.2) is 18.2 Å². The third-order valence-electron chi connectivity index (χ3n) is 3.36. The van der Waals surface area contributed by atoms with E-state index >= 15 is 0 Å². The summed E-state index contributed by atoms with van der Waals surface area (Å²) in [6.45, 7) is 5.55. The Morgan fingerprint density at radius 3 is 3.06 bits per heavy atom. The van der Waals surface area contributed by atoms with Crippen LogP contribution >= 0.6 is 11.3 Å². The molecule has 3 heteroatoms. The number of rotatable bonds is 1. The minimum Gasteiger partial charge on any atom is -0.308 e. The predicted octanol–water partition coefficient (Wildman–Crippen LogP) is 3.28. The Morgan fingerprint density at radius 2 is 2.31 bits per heavy atom. The van der Waals surface area contributed by atoms with Gasteiger partial charge in [-0.25, -0.2) is 4.98 Å². The fourth-order valence-electron chi connectivity index (χ4n) is 2.35. The highest BCUT2D eigenvalue weighted by molar-refractivity contribution is 7.18. The number of hydrogen-bond acceptors (Lipinski definition) is 3. The first-order valence-corrected chi connectivity index (χ1v) is 6.66. The van der Waals surface area contributed by atoms with Crippen molar-refractivity contribution in [2.75, 3.05) is 6.54 Å². The number of thiazole rings is 1. The van der Waals surface area contributed by atoms with Gasteiger partial charge in [-0.1, -0.05) is 13.0 Å². The highest BCUT2D eigenvalue weighted by atomic mass is 32.1. The second-order valence-corrected chi connectivity index (χ2v) is 5.78. The van der Waals surface area contributed by atoms with Crippen molar-refractivity contribution in [3.05, 3.63) is 28.8 Å². The molecule has 84 valence electrons. The van der Waals surface area contributed by atoms with Crippen molar-refractivity contribution in [3.8, 4) is 0 Å². The lowest BCUT2D eigenvalue weighted by Crippen LogP contribution is -2.15. The van der Waals surface area contributed by atoms with E-state index in [1.807, 2.05) is 11.3 Å². The Kier molecular flexibility index (Phi) is 2.45. The predicted molar refractivity (Wildman–Crippen MR) is 68.9 cm³/mol. The van der Waals surface area contributed by atoms with Crippen molar-refractivity contribution in [2.24, 2.45) is 5.92 Å². The molecule has 2 atom stereocenters. The van der Waals surface area contributed by atoms with E-state index in [4.69, 9.17) is 4.98 Å². The molecule has 0 radical (unpaired) electrons. The van der Waals surface area contributed by atoms with Crippen molar-refractivity contribution >= 4 is 21.6 Å². The number of benzene rings is 1. The maximum atomic E-state index is 4.76. The zero-order valence-corrected chi connectivity index (χ0v) is 10.5. The van der Waals surface area contributed by atoms with Gasteiger partial charge in [0, 0.05) is 0 Å². The molecule has 3 rings (SSSR count). The Morgan fingerprint density at radius 1 is 1.44 bits per heavy atom. The summed E-state index contributed by atoms with van der Waals surface area (Å²) < 4.78 is 1.31. The lowest BCUT2D eigenvalue weighted by atomic mass is 10.0. The molecule has 0 aliphatic carbocycles. The summed E-state index contributed by atoms with van der Waals surface area (Å²) in [5, 5.41) is 4.80.